The predicted octanol–water partition coefficient (Wildman–Crippen LogP) is 2.26. The van der Waals surface area contributed by atoms with Gasteiger partial charge in [-0.2, -0.15) is 0 Å². The first-order valence-corrected chi connectivity index (χ1v) is 9.12. The standard InChI is InChI=1S/C12H16N2O2S4/c1-3-5-13-9(15)7(19-11(13)17)8-10(16)14(6-4-2)12(18)20-8/h7-8H,3-6H2,1-2H3. The molecule has 2 fully saturated rings. The minimum Gasteiger partial charge on any atom is -0.297 e. The molecule has 2 amide bonds. The molecule has 2 saturated heterocycles. The van der Waals surface area contributed by atoms with E-state index < -0.39 is 10.5 Å². The van der Waals surface area contributed by atoms with Gasteiger partial charge in [0.1, 0.15) is 19.1 Å². The summed E-state index contributed by atoms with van der Waals surface area (Å²) in [5.41, 5.74) is 0. The van der Waals surface area contributed by atoms with Crippen molar-refractivity contribution in [1.29, 1.82) is 0 Å². The summed E-state index contributed by atoms with van der Waals surface area (Å²) in [6.07, 6.45) is 1.70. The fraction of sp³-hybridized carbons (Fsp3) is 0.667. The zero-order valence-corrected chi connectivity index (χ0v) is 14.6. The summed E-state index contributed by atoms with van der Waals surface area (Å²) >= 11 is 13.1. The first-order chi connectivity index (χ1) is 9.51. The Labute approximate surface area is 138 Å². The van der Waals surface area contributed by atoms with Crippen LogP contribution in [0, 0.1) is 0 Å². The topological polar surface area (TPSA) is 40.6 Å². The van der Waals surface area contributed by atoms with Crippen LogP contribution in [-0.4, -0.2) is 53.8 Å². The number of hydrogen-bond donors (Lipinski definition) is 0. The van der Waals surface area contributed by atoms with Gasteiger partial charge in [-0.05, 0) is 12.8 Å². The Morgan fingerprint density at radius 2 is 1.25 bits per heavy atom. The van der Waals surface area contributed by atoms with Crippen molar-refractivity contribution in [2.75, 3.05) is 13.1 Å². The van der Waals surface area contributed by atoms with Crippen molar-refractivity contribution in [2.24, 2.45) is 0 Å². The normalized spacial score (nSPS) is 27.1. The summed E-state index contributed by atoms with van der Waals surface area (Å²) < 4.78 is 1.16. The predicted molar refractivity (Wildman–Crippen MR) is 92.0 cm³/mol. The average molecular weight is 349 g/mol. The van der Waals surface area contributed by atoms with Gasteiger partial charge in [-0.25, -0.2) is 0 Å². The van der Waals surface area contributed by atoms with Crippen molar-refractivity contribution >= 4 is 68.4 Å². The third-order valence-corrected chi connectivity index (χ3v) is 6.57. The number of hydrogen-bond acceptors (Lipinski definition) is 6. The van der Waals surface area contributed by atoms with Crippen molar-refractivity contribution < 1.29 is 9.59 Å². The molecule has 0 N–H and O–H groups in total. The molecule has 2 atom stereocenters. The van der Waals surface area contributed by atoms with Crippen molar-refractivity contribution in [2.45, 2.75) is 37.2 Å². The first-order valence-electron chi connectivity index (χ1n) is 6.55. The van der Waals surface area contributed by atoms with E-state index in [0.717, 1.165) is 12.8 Å². The highest BCUT2D eigenvalue weighted by Crippen LogP contribution is 2.39. The fourth-order valence-electron chi connectivity index (χ4n) is 2.17. The van der Waals surface area contributed by atoms with E-state index >= 15 is 0 Å². The van der Waals surface area contributed by atoms with Crippen molar-refractivity contribution in [1.82, 2.24) is 9.80 Å². The van der Waals surface area contributed by atoms with E-state index in [-0.39, 0.29) is 11.8 Å². The maximum atomic E-state index is 12.4. The van der Waals surface area contributed by atoms with Crippen LogP contribution in [0.15, 0.2) is 0 Å². The Kier molecular flexibility index (Phi) is 5.44. The van der Waals surface area contributed by atoms with Crippen LogP contribution in [0.25, 0.3) is 0 Å². The van der Waals surface area contributed by atoms with E-state index in [1.165, 1.54) is 23.5 Å². The number of amides is 2. The Hall–Kier alpha value is -0.180. The molecule has 110 valence electrons. The van der Waals surface area contributed by atoms with Crippen molar-refractivity contribution in [3.63, 3.8) is 0 Å². The van der Waals surface area contributed by atoms with Crippen molar-refractivity contribution in [3.05, 3.63) is 0 Å². The van der Waals surface area contributed by atoms with E-state index in [4.69, 9.17) is 24.4 Å². The molecule has 2 unspecified atom stereocenters. The molecule has 0 aliphatic carbocycles. The Morgan fingerprint density at radius 3 is 1.55 bits per heavy atom. The van der Waals surface area contributed by atoms with Gasteiger partial charge in [-0.3, -0.25) is 19.4 Å². The molecule has 0 radical (unpaired) electrons. The second-order valence-corrected chi connectivity index (χ2v) is 8.14. The van der Waals surface area contributed by atoms with E-state index in [9.17, 15) is 9.59 Å². The maximum Gasteiger partial charge on any atom is 0.243 e. The molecule has 0 aromatic rings. The molecular weight excluding hydrogens is 332 g/mol. The Balaban J connectivity index is 2.13. The van der Waals surface area contributed by atoms with Gasteiger partial charge in [-0.15, -0.1) is 0 Å². The second-order valence-electron chi connectivity index (χ2n) is 4.59. The molecule has 2 aliphatic heterocycles. The van der Waals surface area contributed by atoms with Gasteiger partial charge in [0.25, 0.3) is 0 Å². The minimum atomic E-state index is -0.425. The summed E-state index contributed by atoms with van der Waals surface area (Å²) in [7, 11) is 0. The second kappa shape index (κ2) is 6.72. The molecule has 2 heterocycles. The van der Waals surface area contributed by atoms with Gasteiger partial charge in [-0.1, -0.05) is 61.8 Å². The first kappa shape index (κ1) is 16.2. The lowest BCUT2D eigenvalue weighted by atomic mass is 10.2. The van der Waals surface area contributed by atoms with Gasteiger partial charge in [0.2, 0.25) is 11.8 Å². The van der Waals surface area contributed by atoms with Crippen LogP contribution >= 0.6 is 48.0 Å². The lowest BCUT2D eigenvalue weighted by molar-refractivity contribution is -0.131. The quantitative estimate of drug-likeness (QED) is 0.710. The fourth-order valence-corrected chi connectivity index (χ4v) is 5.47. The van der Waals surface area contributed by atoms with Crippen LogP contribution in [0.2, 0.25) is 0 Å². The largest absolute Gasteiger partial charge is 0.297 e. The number of nitrogens with zero attached hydrogens (tertiary/aromatic N) is 2. The SMILES string of the molecule is CCCN1C(=O)C(C2SC(=S)N(CCC)C2=O)SC1=S. The molecule has 0 bridgehead atoms. The zero-order valence-electron chi connectivity index (χ0n) is 11.3. The maximum absolute atomic E-state index is 12.4. The van der Waals surface area contributed by atoms with Crippen molar-refractivity contribution in [3.8, 4) is 0 Å². The monoisotopic (exact) mass is 348 g/mol. The molecule has 4 nitrogen and oxygen atoms in total. The van der Waals surface area contributed by atoms with Crippen LogP contribution in [0.4, 0.5) is 0 Å². The minimum absolute atomic E-state index is 0.0474. The molecule has 0 spiro atoms. The van der Waals surface area contributed by atoms with Crippen LogP contribution in [0.5, 0.6) is 0 Å². The van der Waals surface area contributed by atoms with Gasteiger partial charge in [0.05, 0.1) is 0 Å². The number of carbonyl (C=O) groups excluding carboxylic acids is 2. The Morgan fingerprint density at radius 1 is 0.900 bits per heavy atom. The molecular formula is C12H16N2O2S4. The number of thioether (sulfide) groups is 2. The third-order valence-electron chi connectivity index (χ3n) is 3.08. The zero-order chi connectivity index (χ0) is 14.9. The van der Waals surface area contributed by atoms with Crippen LogP contribution in [-0.2, 0) is 9.59 Å². The average Bonchev–Trinajstić information content (AvgIpc) is 2.84. The molecule has 2 aliphatic rings. The highest BCUT2D eigenvalue weighted by molar-refractivity contribution is 8.27. The van der Waals surface area contributed by atoms with E-state index in [1.807, 2.05) is 13.8 Å². The summed E-state index contributed by atoms with van der Waals surface area (Å²) in [5.74, 6) is -0.0947. The van der Waals surface area contributed by atoms with Gasteiger partial charge in [0.15, 0.2) is 0 Å². The summed E-state index contributed by atoms with van der Waals surface area (Å²) in [6.45, 7) is 5.24. The summed E-state index contributed by atoms with van der Waals surface area (Å²) in [4.78, 5) is 28.0. The molecule has 0 saturated carbocycles. The van der Waals surface area contributed by atoms with Gasteiger partial charge < -0.3 is 0 Å². The number of thiocarbonyl (C=S) groups is 2. The third kappa shape index (κ3) is 2.88. The van der Waals surface area contributed by atoms with Crippen LogP contribution in [0.1, 0.15) is 26.7 Å². The number of carbonyl (C=O) groups is 2. The highest BCUT2D eigenvalue weighted by atomic mass is 32.2. The molecule has 8 heteroatoms. The van der Waals surface area contributed by atoms with E-state index in [1.54, 1.807) is 9.80 Å². The van der Waals surface area contributed by atoms with Crippen LogP contribution in [0.3, 0.4) is 0 Å². The van der Waals surface area contributed by atoms with Crippen LogP contribution < -0.4 is 0 Å². The lowest BCUT2D eigenvalue weighted by Crippen LogP contribution is -2.40. The molecule has 2 rings (SSSR count). The number of rotatable bonds is 5. The smallest absolute Gasteiger partial charge is 0.243 e. The molecule has 20 heavy (non-hydrogen) atoms. The lowest BCUT2D eigenvalue weighted by Gasteiger charge is -2.16. The van der Waals surface area contributed by atoms with Gasteiger partial charge in [0, 0.05) is 13.1 Å². The van der Waals surface area contributed by atoms with E-state index in [2.05, 4.69) is 0 Å². The van der Waals surface area contributed by atoms with Gasteiger partial charge >= 0.3 is 0 Å². The Bertz CT molecular complexity index is 426. The summed E-state index contributed by atoms with van der Waals surface area (Å²) in [6, 6.07) is 0. The summed E-state index contributed by atoms with van der Waals surface area (Å²) in [5, 5.41) is -0.849. The molecule has 0 aromatic heterocycles. The molecule has 0 aromatic carbocycles. The van der Waals surface area contributed by atoms with E-state index in [0.29, 0.717) is 21.7 Å². The highest BCUT2D eigenvalue weighted by Gasteiger charge is 2.49.